The van der Waals surface area contributed by atoms with Crippen LogP contribution in [-0.2, 0) is 6.42 Å². The molecule has 0 saturated carbocycles. The molecule has 0 bridgehead atoms. The van der Waals surface area contributed by atoms with Gasteiger partial charge in [-0.25, -0.2) is 4.98 Å². The summed E-state index contributed by atoms with van der Waals surface area (Å²) in [6.07, 6.45) is 3.68. The van der Waals surface area contributed by atoms with Crippen molar-refractivity contribution in [1.82, 2.24) is 4.98 Å². The van der Waals surface area contributed by atoms with Gasteiger partial charge in [0.15, 0.2) is 5.13 Å². The van der Waals surface area contributed by atoms with Crippen LogP contribution in [0.1, 0.15) is 25.5 Å². The zero-order chi connectivity index (χ0) is 9.80. The molecule has 0 spiro atoms. The van der Waals surface area contributed by atoms with Gasteiger partial charge in [0.2, 0.25) is 0 Å². The third kappa shape index (κ3) is 2.64. The summed E-state index contributed by atoms with van der Waals surface area (Å²) in [7, 11) is 0. The van der Waals surface area contributed by atoms with Crippen LogP contribution < -0.4 is 5.32 Å². The second-order valence-electron chi connectivity index (χ2n) is 3.56. The second-order valence-corrected chi connectivity index (χ2v) is 5.56. The molecule has 2 nitrogen and oxygen atoms in total. The molecule has 4 heteroatoms. The molecule has 1 N–H and O–H groups in total. The van der Waals surface area contributed by atoms with Gasteiger partial charge in [0.25, 0.3) is 0 Å². The van der Waals surface area contributed by atoms with E-state index >= 15 is 0 Å². The normalized spacial score (nSPS) is 22.2. The minimum atomic E-state index is 0.643. The van der Waals surface area contributed by atoms with E-state index in [2.05, 4.69) is 22.6 Å². The molecular weight excluding hydrogens is 212 g/mol. The van der Waals surface area contributed by atoms with E-state index in [0.29, 0.717) is 6.04 Å². The number of nitrogens with zero attached hydrogens (tertiary/aromatic N) is 1. The lowest BCUT2D eigenvalue weighted by Gasteiger charge is -2.21. The average Bonchev–Trinajstić information content (AvgIpc) is 2.67. The van der Waals surface area contributed by atoms with Gasteiger partial charge in [-0.2, -0.15) is 11.8 Å². The summed E-state index contributed by atoms with van der Waals surface area (Å²) in [5.74, 6) is 2.57. The van der Waals surface area contributed by atoms with Crippen LogP contribution in [0.4, 0.5) is 5.13 Å². The molecule has 1 aliphatic heterocycles. The molecule has 78 valence electrons. The Morgan fingerprint density at radius 2 is 2.57 bits per heavy atom. The van der Waals surface area contributed by atoms with Gasteiger partial charge in [-0.05, 0) is 25.0 Å². The number of thiazole rings is 1. The summed E-state index contributed by atoms with van der Waals surface area (Å²) in [6.45, 7) is 2.15. The third-order valence-electron chi connectivity index (χ3n) is 2.40. The highest BCUT2D eigenvalue weighted by atomic mass is 32.2. The standard InChI is InChI=1S/C10H16N2S2/c1-2-8-7-14-10(11-8)12-9-4-3-5-13-6-9/h7,9H,2-6H2,1H3,(H,11,12). The Bertz CT molecular complexity index is 279. The fourth-order valence-corrected chi connectivity index (χ4v) is 3.51. The monoisotopic (exact) mass is 228 g/mol. The lowest BCUT2D eigenvalue weighted by Crippen LogP contribution is -2.25. The summed E-state index contributed by atoms with van der Waals surface area (Å²) in [6, 6.07) is 0.643. The highest BCUT2D eigenvalue weighted by molar-refractivity contribution is 7.99. The topological polar surface area (TPSA) is 24.9 Å². The fraction of sp³-hybridized carbons (Fsp3) is 0.700. The van der Waals surface area contributed by atoms with Crippen LogP contribution in [0.2, 0.25) is 0 Å². The number of aryl methyl sites for hydroxylation is 1. The smallest absolute Gasteiger partial charge is 0.183 e. The van der Waals surface area contributed by atoms with Gasteiger partial charge >= 0.3 is 0 Å². The van der Waals surface area contributed by atoms with Gasteiger partial charge in [-0.1, -0.05) is 6.92 Å². The maximum absolute atomic E-state index is 4.52. The minimum Gasteiger partial charge on any atom is -0.358 e. The number of hydrogen-bond donors (Lipinski definition) is 1. The summed E-state index contributed by atoms with van der Waals surface area (Å²) in [4.78, 5) is 4.52. The molecule has 1 fully saturated rings. The largest absolute Gasteiger partial charge is 0.358 e. The van der Waals surface area contributed by atoms with Crippen LogP contribution >= 0.6 is 23.1 Å². The molecule has 0 aliphatic carbocycles. The van der Waals surface area contributed by atoms with E-state index in [9.17, 15) is 0 Å². The van der Waals surface area contributed by atoms with Crippen LogP contribution in [0, 0.1) is 0 Å². The summed E-state index contributed by atoms with van der Waals surface area (Å²) in [5, 5.41) is 6.78. The van der Waals surface area contributed by atoms with Crippen molar-refractivity contribution in [1.29, 1.82) is 0 Å². The van der Waals surface area contributed by atoms with Crippen molar-refractivity contribution in [2.75, 3.05) is 16.8 Å². The highest BCUT2D eigenvalue weighted by Crippen LogP contribution is 2.23. The first kappa shape index (κ1) is 10.3. The first-order valence-electron chi connectivity index (χ1n) is 5.17. The zero-order valence-electron chi connectivity index (χ0n) is 8.45. The second kappa shape index (κ2) is 5.03. The maximum Gasteiger partial charge on any atom is 0.183 e. The van der Waals surface area contributed by atoms with E-state index in [1.165, 1.54) is 30.0 Å². The molecule has 0 amide bonds. The van der Waals surface area contributed by atoms with Crippen molar-refractivity contribution in [2.24, 2.45) is 0 Å². The van der Waals surface area contributed by atoms with Gasteiger partial charge in [0.05, 0.1) is 5.69 Å². The summed E-state index contributed by atoms with van der Waals surface area (Å²) in [5.41, 5.74) is 1.21. The van der Waals surface area contributed by atoms with Crippen molar-refractivity contribution in [3.8, 4) is 0 Å². The molecular formula is C10H16N2S2. The first-order chi connectivity index (χ1) is 6.88. The van der Waals surface area contributed by atoms with Crippen LogP contribution in [-0.4, -0.2) is 22.5 Å². The van der Waals surface area contributed by atoms with Gasteiger partial charge in [0, 0.05) is 17.2 Å². The fourth-order valence-electron chi connectivity index (χ4n) is 1.56. The third-order valence-corrected chi connectivity index (χ3v) is 4.44. The number of anilines is 1. The summed E-state index contributed by atoms with van der Waals surface area (Å²) < 4.78 is 0. The molecule has 1 saturated heterocycles. The SMILES string of the molecule is CCc1csc(NC2CCCSC2)n1. The number of hydrogen-bond acceptors (Lipinski definition) is 4. The Morgan fingerprint density at radius 1 is 1.64 bits per heavy atom. The Hall–Kier alpha value is -0.220. The van der Waals surface area contributed by atoms with E-state index in [4.69, 9.17) is 0 Å². The quantitative estimate of drug-likeness (QED) is 0.861. The predicted octanol–water partition coefficient (Wildman–Crippen LogP) is 3.01. The van der Waals surface area contributed by atoms with Gasteiger partial charge < -0.3 is 5.32 Å². The number of thioether (sulfide) groups is 1. The predicted molar refractivity (Wildman–Crippen MR) is 65.5 cm³/mol. The molecule has 1 aromatic rings. The Morgan fingerprint density at radius 3 is 3.21 bits per heavy atom. The lowest BCUT2D eigenvalue weighted by molar-refractivity contribution is 0.684. The van der Waals surface area contributed by atoms with Crippen LogP contribution in [0.25, 0.3) is 0 Å². The Balaban J connectivity index is 1.89. The van der Waals surface area contributed by atoms with Crippen molar-refractivity contribution in [3.05, 3.63) is 11.1 Å². The van der Waals surface area contributed by atoms with Crippen molar-refractivity contribution in [3.63, 3.8) is 0 Å². The molecule has 1 atom stereocenters. The van der Waals surface area contributed by atoms with Crippen molar-refractivity contribution < 1.29 is 0 Å². The molecule has 0 aromatic carbocycles. The molecule has 2 heterocycles. The van der Waals surface area contributed by atoms with Crippen LogP contribution in [0.5, 0.6) is 0 Å². The Kier molecular flexibility index (Phi) is 3.70. The van der Waals surface area contributed by atoms with E-state index in [1.807, 2.05) is 11.8 Å². The number of rotatable bonds is 3. The van der Waals surface area contributed by atoms with Crippen LogP contribution in [0.3, 0.4) is 0 Å². The van der Waals surface area contributed by atoms with Gasteiger partial charge in [-0.15, -0.1) is 11.3 Å². The molecule has 2 rings (SSSR count). The average molecular weight is 228 g/mol. The summed E-state index contributed by atoms with van der Waals surface area (Å²) >= 11 is 3.79. The molecule has 0 radical (unpaired) electrons. The first-order valence-corrected chi connectivity index (χ1v) is 7.20. The minimum absolute atomic E-state index is 0.643. The van der Waals surface area contributed by atoms with Gasteiger partial charge in [0.1, 0.15) is 0 Å². The number of nitrogens with one attached hydrogen (secondary N) is 1. The lowest BCUT2D eigenvalue weighted by atomic mass is 10.2. The van der Waals surface area contributed by atoms with E-state index in [1.54, 1.807) is 11.3 Å². The maximum atomic E-state index is 4.52. The van der Waals surface area contributed by atoms with E-state index in [0.717, 1.165) is 11.6 Å². The zero-order valence-corrected chi connectivity index (χ0v) is 10.1. The molecule has 1 aromatic heterocycles. The number of aromatic nitrogens is 1. The van der Waals surface area contributed by atoms with E-state index in [-0.39, 0.29) is 0 Å². The molecule has 1 aliphatic rings. The highest BCUT2D eigenvalue weighted by Gasteiger charge is 2.14. The van der Waals surface area contributed by atoms with Gasteiger partial charge in [-0.3, -0.25) is 0 Å². The molecule has 14 heavy (non-hydrogen) atoms. The van der Waals surface area contributed by atoms with Crippen molar-refractivity contribution >= 4 is 28.2 Å². The molecule has 1 unspecified atom stereocenters. The van der Waals surface area contributed by atoms with E-state index < -0.39 is 0 Å². The van der Waals surface area contributed by atoms with Crippen LogP contribution in [0.15, 0.2) is 5.38 Å². The Labute approximate surface area is 93.5 Å². The van der Waals surface area contributed by atoms with Crippen molar-refractivity contribution in [2.45, 2.75) is 32.2 Å².